The van der Waals surface area contributed by atoms with Crippen molar-refractivity contribution in [1.82, 2.24) is 24.7 Å². The average Bonchev–Trinajstić information content (AvgIpc) is 3.11. The van der Waals surface area contributed by atoms with Crippen molar-refractivity contribution in [2.24, 2.45) is 0 Å². The number of aliphatic hydroxyl groups is 1. The maximum Gasteiger partial charge on any atom is 0.264 e. The van der Waals surface area contributed by atoms with E-state index in [1.807, 2.05) is 45.9 Å². The number of nitrogens with two attached hydrogens (primary N) is 1. The zero-order valence-corrected chi connectivity index (χ0v) is 29.1. The van der Waals surface area contributed by atoms with Crippen molar-refractivity contribution >= 4 is 23.3 Å². The predicted molar refractivity (Wildman–Crippen MR) is 191 cm³/mol. The highest BCUT2D eigenvalue weighted by atomic mass is 19.1. The minimum absolute atomic E-state index is 0.000321. The molecule has 13 heteroatoms. The van der Waals surface area contributed by atoms with Crippen molar-refractivity contribution in [1.29, 1.82) is 10.7 Å². The Labute approximate surface area is 292 Å². The molecule has 0 bridgehead atoms. The second-order valence-electron chi connectivity index (χ2n) is 13.9. The van der Waals surface area contributed by atoms with Gasteiger partial charge in [0.25, 0.3) is 5.91 Å². The van der Waals surface area contributed by atoms with Gasteiger partial charge in [0.15, 0.2) is 0 Å². The van der Waals surface area contributed by atoms with E-state index in [2.05, 4.69) is 31.2 Å². The predicted octanol–water partition coefficient (Wildman–Crippen LogP) is 4.43. The highest BCUT2D eigenvalue weighted by Crippen LogP contribution is 2.29. The smallest absolute Gasteiger partial charge is 0.264 e. The third kappa shape index (κ3) is 8.27. The SMILES string of the molecule is CC(C)(/C=C(\C#N)C(=O)N1CCCC(Nc2ncnc(N)c2C(=N)c2ccc(Oc3ccccc3)cc2F)C1)N1CCN(C(C)(C)CO)CC1. The molecule has 2 aliphatic rings. The number of nitrogens with one attached hydrogen (secondary N) is 2. The molecule has 2 aromatic carbocycles. The van der Waals surface area contributed by atoms with E-state index >= 15 is 4.39 Å². The summed E-state index contributed by atoms with van der Waals surface area (Å²) < 4.78 is 21.1. The van der Waals surface area contributed by atoms with Gasteiger partial charge in [-0.2, -0.15) is 5.26 Å². The number of aromatic nitrogens is 2. The zero-order valence-electron chi connectivity index (χ0n) is 29.1. The van der Waals surface area contributed by atoms with Gasteiger partial charge in [-0.15, -0.1) is 0 Å². The average molecular weight is 684 g/mol. The summed E-state index contributed by atoms with van der Waals surface area (Å²) >= 11 is 0. The van der Waals surface area contributed by atoms with Gasteiger partial charge < -0.3 is 25.8 Å². The number of ether oxygens (including phenoxy) is 1. The van der Waals surface area contributed by atoms with E-state index in [9.17, 15) is 15.2 Å². The van der Waals surface area contributed by atoms with Gasteiger partial charge in [0, 0.05) is 68.0 Å². The molecule has 1 atom stereocenters. The number of hydrogen-bond donors (Lipinski definition) is 4. The minimum Gasteiger partial charge on any atom is -0.457 e. The first kappa shape index (κ1) is 36.4. The molecule has 264 valence electrons. The molecule has 1 unspecified atom stereocenters. The summed E-state index contributed by atoms with van der Waals surface area (Å²) in [6.45, 7) is 11.9. The number of nitrogen functional groups attached to an aromatic ring is 1. The number of carbonyl (C=O) groups is 1. The number of likely N-dealkylation sites (tertiary alicyclic amines) is 1. The quantitative estimate of drug-likeness (QED) is 0.129. The van der Waals surface area contributed by atoms with Gasteiger partial charge in [-0.25, -0.2) is 14.4 Å². The Balaban J connectivity index is 1.27. The fraction of sp³-hybridized carbons (Fsp3) is 0.432. The number of amides is 1. The van der Waals surface area contributed by atoms with Crippen LogP contribution in [0.4, 0.5) is 16.0 Å². The van der Waals surface area contributed by atoms with E-state index in [-0.39, 0.29) is 63.9 Å². The van der Waals surface area contributed by atoms with Gasteiger partial charge in [0.2, 0.25) is 0 Å². The van der Waals surface area contributed by atoms with Crippen LogP contribution in [-0.2, 0) is 4.79 Å². The number of hydrogen-bond acceptors (Lipinski definition) is 11. The summed E-state index contributed by atoms with van der Waals surface area (Å²) in [5.41, 5.74) is 5.41. The Morgan fingerprint density at radius 3 is 2.46 bits per heavy atom. The number of piperidine rings is 1. The molecule has 50 heavy (non-hydrogen) atoms. The number of piperazine rings is 1. The lowest BCUT2D eigenvalue weighted by Gasteiger charge is -2.47. The number of aliphatic hydroxyl groups excluding tert-OH is 1. The normalized spacial score (nSPS) is 18.0. The Morgan fingerprint density at radius 1 is 1.10 bits per heavy atom. The molecule has 12 nitrogen and oxygen atoms in total. The summed E-state index contributed by atoms with van der Waals surface area (Å²) in [4.78, 5) is 28.3. The van der Waals surface area contributed by atoms with E-state index in [0.29, 0.717) is 31.7 Å². The van der Waals surface area contributed by atoms with Crippen LogP contribution in [0.1, 0.15) is 51.7 Å². The number of carbonyl (C=O) groups excluding carboxylic acids is 1. The Morgan fingerprint density at radius 2 is 1.80 bits per heavy atom. The molecular weight excluding hydrogens is 637 g/mol. The van der Waals surface area contributed by atoms with Crippen molar-refractivity contribution in [3.8, 4) is 17.6 Å². The molecule has 0 saturated carbocycles. The van der Waals surface area contributed by atoms with E-state index < -0.39 is 11.4 Å². The second kappa shape index (κ2) is 15.3. The van der Waals surface area contributed by atoms with Gasteiger partial charge in [-0.05, 0) is 70.9 Å². The van der Waals surface area contributed by atoms with Gasteiger partial charge in [-0.1, -0.05) is 18.2 Å². The lowest BCUT2D eigenvalue weighted by molar-refractivity contribution is -0.127. The third-order valence-electron chi connectivity index (χ3n) is 9.55. The highest BCUT2D eigenvalue weighted by molar-refractivity contribution is 6.16. The summed E-state index contributed by atoms with van der Waals surface area (Å²) in [5.74, 6) is 0.0978. The Hall–Kier alpha value is -4.90. The fourth-order valence-electron chi connectivity index (χ4n) is 6.49. The van der Waals surface area contributed by atoms with Crippen LogP contribution in [0.15, 0.2) is 66.5 Å². The number of rotatable bonds is 11. The number of benzene rings is 2. The summed E-state index contributed by atoms with van der Waals surface area (Å²) in [7, 11) is 0. The van der Waals surface area contributed by atoms with Crippen LogP contribution in [0.3, 0.4) is 0 Å². The van der Waals surface area contributed by atoms with E-state index in [0.717, 1.165) is 26.2 Å². The Bertz CT molecular complexity index is 1770. The van der Waals surface area contributed by atoms with Crippen LogP contribution in [0, 0.1) is 22.6 Å². The van der Waals surface area contributed by atoms with Gasteiger partial charge >= 0.3 is 0 Å². The van der Waals surface area contributed by atoms with Crippen LogP contribution >= 0.6 is 0 Å². The second-order valence-corrected chi connectivity index (χ2v) is 13.9. The van der Waals surface area contributed by atoms with Crippen LogP contribution in [-0.4, -0.2) is 104 Å². The van der Waals surface area contributed by atoms with Crippen molar-refractivity contribution in [3.63, 3.8) is 0 Å². The van der Waals surface area contributed by atoms with Gasteiger partial charge in [0.05, 0.1) is 17.9 Å². The number of para-hydroxylation sites is 1. The fourth-order valence-corrected chi connectivity index (χ4v) is 6.49. The molecule has 3 aromatic rings. The largest absolute Gasteiger partial charge is 0.457 e. The van der Waals surface area contributed by atoms with Gasteiger partial charge in [0.1, 0.15) is 46.9 Å². The molecule has 0 spiro atoms. The van der Waals surface area contributed by atoms with Crippen molar-refractivity contribution in [2.45, 2.75) is 57.7 Å². The van der Waals surface area contributed by atoms with E-state index in [1.165, 1.54) is 18.5 Å². The molecule has 5 rings (SSSR count). The first-order chi connectivity index (χ1) is 23.8. The number of halogens is 1. The van der Waals surface area contributed by atoms with Crippen molar-refractivity contribution in [2.75, 3.05) is 56.9 Å². The van der Waals surface area contributed by atoms with Crippen molar-refractivity contribution in [3.05, 3.63) is 83.5 Å². The van der Waals surface area contributed by atoms with E-state index in [4.69, 9.17) is 15.9 Å². The molecule has 1 aromatic heterocycles. The number of nitriles is 1. The van der Waals surface area contributed by atoms with Crippen LogP contribution in [0.2, 0.25) is 0 Å². The first-order valence-corrected chi connectivity index (χ1v) is 16.8. The maximum absolute atomic E-state index is 15.4. The molecule has 2 aliphatic heterocycles. The standard InChI is InChI=1S/C37H46FN9O3/c1-36(2,46-15-17-47(18-16-46)37(3,4)23-48)20-25(21-39)35(49)45-14-8-9-26(22-45)44-34-31(33(41)42-24-43-34)32(40)29-13-12-28(19-30(29)38)50-27-10-6-5-7-11-27/h5-7,10-13,19-20,24,26,40,48H,8-9,14-18,22-23H2,1-4H3,(H3,41,42,43,44)/b25-20+,40-32?. The summed E-state index contributed by atoms with van der Waals surface area (Å²) in [6, 6.07) is 15.1. The molecule has 5 N–H and O–H groups in total. The molecule has 1 amide bonds. The number of anilines is 2. The van der Waals surface area contributed by atoms with Crippen LogP contribution in [0.25, 0.3) is 0 Å². The lowest BCUT2D eigenvalue weighted by atomic mass is 9.95. The molecule has 0 radical (unpaired) electrons. The Kier molecular flexibility index (Phi) is 11.2. The zero-order chi connectivity index (χ0) is 36.1. The first-order valence-electron chi connectivity index (χ1n) is 16.8. The lowest BCUT2D eigenvalue weighted by Crippen LogP contribution is -2.59. The maximum atomic E-state index is 15.4. The highest BCUT2D eigenvalue weighted by Gasteiger charge is 2.35. The molecular formula is C37H46FN9O3. The summed E-state index contributed by atoms with van der Waals surface area (Å²) in [5, 5.41) is 32.1. The molecule has 3 heterocycles. The van der Waals surface area contributed by atoms with Crippen LogP contribution < -0.4 is 15.8 Å². The molecule has 0 aliphatic carbocycles. The van der Waals surface area contributed by atoms with E-state index in [1.54, 1.807) is 29.2 Å². The monoisotopic (exact) mass is 683 g/mol. The summed E-state index contributed by atoms with van der Waals surface area (Å²) in [6.07, 6.45) is 4.41. The molecule has 2 saturated heterocycles. The van der Waals surface area contributed by atoms with Gasteiger partial charge in [-0.3, -0.25) is 20.0 Å². The third-order valence-corrected chi connectivity index (χ3v) is 9.55. The minimum atomic E-state index is -0.665. The van der Waals surface area contributed by atoms with Crippen LogP contribution in [0.5, 0.6) is 11.5 Å². The molecule has 2 fully saturated rings. The topological polar surface area (TPSA) is 168 Å². The number of nitrogens with zero attached hydrogens (tertiary/aromatic N) is 6. The van der Waals surface area contributed by atoms with Crippen molar-refractivity contribution < 1.29 is 19.0 Å².